The molecule has 0 radical (unpaired) electrons. The van der Waals surface area contributed by atoms with Gasteiger partial charge in [-0.25, -0.2) is 4.79 Å². The van der Waals surface area contributed by atoms with Crippen LogP contribution in [0, 0.1) is 0 Å². The Bertz CT molecular complexity index is 498. The summed E-state index contributed by atoms with van der Waals surface area (Å²) in [7, 11) is 1.23. The zero-order valence-electron chi connectivity index (χ0n) is 10.4. The first-order valence-corrected chi connectivity index (χ1v) is 5.68. The number of hydrogen-bond acceptors (Lipinski definition) is 5. The second kappa shape index (κ2) is 6.05. The van der Waals surface area contributed by atoms with Crippen LogP contribution in [-0.2, 0) is 14.3 Å². The number of rotatable bonds is 2. The fourth-order valence-corrected chi connectivity index (χ4v) is 1.63. The van der Waals surface area contributed by atoms with Gasteiger partial charge in [-0.2, -0.15) is 0 Å². The molecule has 1 aliphatic rings. The average Bonchev–Trinajstić information content (AvgIpc) is 2.46. The summed E-state index contributed by atoms with van der Waals surface area (Å²) in [5.74, 6) is -0.0739. The number of ether oxygens (including phenoxy) is 2. The highest BCUT2D eigenvalue weighted by Crippen LogP contribution is 2.21. The highest BCUT2D eigenvalue weighted by Gasteiger charge is 2.19. The number of hydrogen-bond donors (Lipinski definition) is 0. The lowest BCUT2D eigenvalue weighted by atomic mass is 10.2. The van der Waals surface area contributed by atoms with E-state index >= 15 is 0 Å². The molecule has 0 aromatic heterocycles. The Kier molecular flexibility index (Phi) is 4.19. The standard InChI is InChI=1S/C12H13N3O4/c1-18-12(17)14-13-9-2-4-10(5-3-9)15-6-7-19-8-11(15)16/h2-5H,6-8H2,1H3. The number of methoxy groups -OCH3 is 1. The summed E-state index contributed by atoms with van der Waals surface area (Å²) in [5.41, 5.74) is 1.28. The van der Waals surface area contributed by atoms with Gasteiger partial charge in [-0.1, -0.05) is 5.11 Å². The molecule has 1 aromatic carbocycles. The summed E-state index contributed by atoms with van der Waals surface area (Å²) in [6, 6.07) is 6.83. The molecule has 0 saturated carbocycles. The molecule has 1 aliphatic heterocycles. The molecule has 7 heteroatoms. The average molecular weight is 263 g/mol. The van der Waals surface area contributed by atoms with Crippen molar-refractivity contribution in [3.8, 4) is 0 Å². The van der Waals surface area contributed by atoms with Crippen molar-refractivity contribution in [3.05, 3.63) is 24.3 Å². The van der Waals surface area contributed by atoms with Gasteiger partial charge in [0.1, 0.15) is 6.61 Å². The minimum Gasteiger partial charge on any atom is -0.450 e. The van der Waals surface area contributed by atoms with Gasteiger partial charge in [-0.3, -0.25) is 4.79 Å². The first kappa shape index (κ1) is 13.2. The Hall–Kier alpha value is -2.28. The van der Waals surface area contributed by atoms with E-state index in [1.165, 1.54) is 7.11 Å². The summed E-state index contributed by atoms with van der Waals surface area (Å²) >= 11 is 0. The van der Waals surface area contributed by atoms with E-state index < -0.39 is 6.09 Å². The van der Waals surface area contributed by atoms with Crippen LogP contribution in [0.4, 0.5) is 16.2 Å². The molecule has 7 nitrogen and oxygen atoms in total. The third-order valence-corrected chi connectivity index (χ3v) is 2.57. The van der Waals surface area contributed by atoms with E-state index in [1.807, 2.05) is 0 Å². The largest absolute Gasteiger partial charge is 0.452 e. The second-order valence-electron chi connectivity index (χ2n) is 3.78. The third-order valence-electron chi connectivity index (χ3n) is 2.57. The van der Waals surface area contributed by atoms with Crippen molar-refractivity contribution < 1.29 is 19.1 Å². The van der Waals surface area contributed by atoms with Crippen molar-refractivity contribution in [1.29, 1.82) is 0 Å². The SMILES string of the molecule is COC(=O)N=Nc1ccc(N2CCOCC2=O)cc1. The molecule has 1 fully saturated rings. The van der Waals surface area contributed by atoms with E-state index in [0.717, 1.165) is 5.69 Å². The Balaban J connectivity index is 2.07. The maximum atomic E-state index is 11.6. The summed E-state index contributed by atoms with van der Waals surface area (Å²) in [6.07, 6.45) is -0.757. The van der Waals surface area contributed by atoms with E-state index in [-0.39, 0.29) is 12.5 Å². The van der Waals surface area contributed by atoms with Gasteiger partial charge >= 0.3 is 6.09 Å². The number of carbonyl (C=O) groups is 2. The number of carbonyl (C=O) groups excluding carboxylic acids is 2. The van der Waals surface area contributed by atoms with Gasteiger partial charge in [0.25, 0.3) is 5.91 Å². The fourth-order valence-electron chi connectivity index (χ4n) is 1.63. The highest BCUT2D eigenvalue weighted by molar-refractivity contribution is 5.94. The first-order chi connectivity index (χ1) is 9.20. The van der Waals surface area contributed by atoms with Gasteiger partial charge in [0.2, 0.25) is 0 Å². The van der Waals surface area contributed by atoms with Gasteiger partial charge < -0.3 is 14.4 Å². The Morgan fingerprint density at radius 2 is 2.11 bits per heavy atom. The van der Waals surface area contributed by atoms with Crippen molar-refractivity contribution in [2.24, 2.45) is 10.2 Å². The lowest BCUT2D eigenvalue weighted by Gasteiger charge is -2.26. The van der Waals surface area contributed by atoms with E-state index in [9.17, 15) is 9.59 Å². The van der Waals surface area contributed by atoms with Gasteiger partial charge in [-0.15, -0.1) is 5.11 Å². The normalized spacial score (nSPS) is 15.8. The predicted molar refractivity (Wildman–Crippen MR) is 66.5 cm³/mol. The minimum atomic E-state index is -0.757. The summed E-state index contributed by atoms with van der Waals surface area (Å²) in [6.45, 7) is 1.15. The highest BCUT2D eigenvalue weighted by atomic mass is 16.5. The first-order valence-electron chi connectivity index (χ1n) is 5.68. The summed E-state index contributed by atoms with van der Waals surface area (Å²) in [4.78, 5) is 24.1. The summed E-state index contributed by atoms with van der Waals surface area (Å²) in [5, 5.41) is 7.04. The number of nitrogens with zero attached hydrogens (tertiary/aromatic N) is 3. The van der Waals surface area contributed by atoms with Crippen LogP contribution in [0.15, 0.2) is 34.5 Å². The van der Waals surface area contributed by atoms with E-state index in [2.05, 4.69) is 15.0 Å². The van der Waals surface area contributed by atoms with E-state index in [1.54, 1.807) is 29.2 Å². The topological polar surface area (TPSA) is 80.6 Å². The molecular weight excluding hydrogens is 250 g/mol. The molecule has 100 valence electrons. The van der Waals surface area contributed by atoms with Crippen LogP contribution in [0.2, 0.25) is 0 Å². The number of amides is 2. The summed E-state index contributed by atoms with van der Waals surface area (Å²) < 4.78 is 9.40. The lowest BCUT2D eigenvalue weighted by Crippen LogP contribution is -2.41. The maximum Gasteiger partial charge on any atom is 0.452 e. The lowest BCUT2D eigenvalue weighted by molar-refractivity contribution is -0.125. The zero-order chi connectivity index (χ0) is 13.7. The molecule has 19 heavy (non-hydrogen) atoms. The molecule has 1 heterocycles. The van der Waals surface area contributed by atoms with Gasteiger partial charge in [0.05, 0.1) is 19.4 Å². The van der Waals surface area contributed by atoms with Gasteiger partial charge in [0, 0.05) is 12.2 Å². The molecule has 1 saturated heterocycles. The minimum absolute atomic E-state index is 0.0739. The fraction of sp³-hybridized carbons (Fsp3) is 0.333. The second-order valence-corrected chi connectivity index (χ2v) is 3.78. The van der Waals surface area contributed by atoms with Crippen molar-refractivity contribution in [2.75, 3.05) is 31.8 Å². The van der Waals surface area contributed by atoms with Crippen LogP contribution in [0.1, 0.15) is 0 Å². The molecule has 0 spiro atoms. The number of azo groups is 1. The Labute approximate surface area is 109 Å². The maximum absolute atomic E-state index is 11.6. The van der Waals surface area contributed by atoms with Crippen LogP contribution in [0.3, 0.4) is 0 Å². The number of benzene rings is 1. The Morgan fingerprint density at radius 1 is 1.37 bits per heavy atom. The molecule has 0 atom stereocenters. The number of anilines is 1. The molecule has 0 unspecified atom stereocenters. The zero-order valence-corrected chi connectivity index (χ0v) is 10.4. The molecular formula is C12H13N3O4. The van der Waals surface area contributed by atoms with Crippen molar-refractivity contribution in [1.82, 2.24) is 0 Å². The predicted octanol–water partition coefficient (Wildman–Crippen LogP) is 1.90. The molecule has 0 N–H and O–H groups in total. The van der Waals surface area contributed by atoms with Gasteiger partial charge in [0.15, 0.2) is 0 Å². The van der Waals surface area contributed by atoms with Crippen LogP contribution in [0.25, 0.3) is 0 Å². The van der Waals surface area contributed by atoms with Crippen LogP contribution >= 0.6 is 0 Å². The van der Waals surface area contributed by atoms with E-state index in [0.29, 0.717) is 18.8 Å². The van der Waals surface area contributed by atoms with Crippen molar-refractivity contribution >= 4 is 23.4 Å². The molecule has 1 aromatic rings. The quantitative estimate of drug-likeness (QED) is 0.763. The Morgan fingerprint density at radius 3 is 2.74 bits per heavy atom. The number of morpholine rings is 1. The van der Waals surface area contributed by atoms with Crippen molar-refractivity contribution in [2.45, 2.75) is 0 Å². The van der Waals surface area contributed by atoms with Crippen LogP contribution < -0.4 is 4.90 Å². The molecule has 0 aliphatic carbocycles. The third kappa shape index (κ3) is 3.35. The van der Waals surface area contributed by atoms with Gasteiger partial charge in [-0.05, 0) is 24.3 Å². The van der Waals surface area contributed by atoms with Crippen LogP contribution in [0.5, 0.6) is 0 Å². The molecule has 2 rings (SSSR count). The smallest absolute Gasteiger partial charge is 0.450 e. The molecule has 0 bridgehead atoms. The van der Waals surface area contributed by atoms with Crippen molar-refractivity contribution in [3.63, 3.8) is 0 Å². The monoisotopic (exact) mass is 263 g/mol. The molecule has 2 amide bonds. The van der Waals surface area contributed by atoms with Crippen LogP contribution in [-0.4, -0.2) is 38.9 Å². The van der Waals surface area contributed by atoms with E-state index in [4.69, 9.17) is 4.74 Å².